The van der Waals surface area contributed by atoms with Gasteiger partial charge < -0.3 is 5.73 Å². The summed E-state index contributed by atoms with van der Waals surface area (Å²) < 4.78 is 2.28. The normalized spacial score (nSPS) is 25.5. The summed E-state index contributed by atoms with van der Waals surface area (Å²) in [4.78, 5) is 0. The van der Waals surface area contributed by atoms with Gasteiger partial charge in [0.1, 0.15) is 0 Å². The molecular weight excluding hydrogens is 234 g/mol. The third-order valence-electron chi connectivity index (χ3n) is 4.87. The molecule has 2 rings (SSSR count). The molecular formula is C16H29N3. The number of hydrogen-bond donors (Lipinski definition) is 1. The van der Waals surface area contributed by atoms with Gasteiger partial charge >= 0.3 is 0 Å². The molecule has 0 aromatic carbocycles. The summed E-state index contributed by atoms with van der Waals surface area (Å²) in [5, 5.41) is 4.81. The average molecular weight is 263 g/mol. The lowest BCUT2D eigenvalue weighted by atomic mass is 9.84. The fourth-order valence-electron chi connectivity index (χ4n) is 3.63. The van der Waals surface area contributed by atoms with Crippen molar-refractivity contribution in [2.45, 2.75) is 78.3 Å². The minimum absolute atomic E-state index is 0.138. The van der Waals surface area contributed by atoms with Crippen molar-refractivity contribution in [3.63, 3.8) is 0 Å². The fraction of sp³-hybridized carbons (Fsp3) is 0.812. The number of rotatable bonds is 4. The molecule has 3 nitrogen and oxygen atoms in total. The Balaban J connectivity index is 2.25. The maximum atomic E-state index is 6.24. The molecule has 1 aromatic rings. The van der Waals surface area contributed by atoms with Crippen LogP contribution < -0.4 is 5.73 Å². The summed E-state index contributed by atoms with van der Waals surface area (Å²) in [5.41, 5.74) is 9.95. The Labute approximate surface area is 117 Å². The highest BCUT2D eigenvalue weighted by molar-refractivity contribution is 5.28. The lowest BCUT2D eigenvalue weighted by molar-refractivity contribution is 0.244. The number of aryl methyl sites for hydroxylation is 1. The van der Waals surface area contributed by atoms with Crippen molar-refractivity contribution in [2.75, 3.05) is 0 Å². The van der Waals surface area contributed by atoms with Crippen molar-refractivity contribution in [1.29, 1.82) is 0 Å². The molecule has 3 unspecified atom stereocenters. The fourth-order valence-corrected chi connectivity index (χ4v) is 3.63. The Morgan fingerprint density at radius 1 is 1.32 bits per heavy atom. The molecule has 19 heavy (non-hydrogen) atoms. The summed E-state index contributed by atoms with van der Waals surface area (Å²) in [6, 6.07) is 0.731. The first-order valence-corrected chi connectivity index (χ1v) is 7.89. The van der Waals surface area contributed by atoms with Crippen LogP contribution in [-0.2, 0) is 0 Å². The molecule has 108 valence electrons. The van der Waals surface area contributed by atoms with Crippen LogP contribution in [0.5, 0.6) is 0 Å². The molecule has 1 saturated carbocycles. The smallest absolute Gasteiger partial charge is 0.0644 e. The first kappa shape index (κ1) is 14.6. The maximum absolute atomic E-state index is 6.24. The maximum Gasteiger partial charge on any atom is 0.0644 e. The molecule has 0 spiro atoms. The van der Waals surface area contributed by atoms with Gasteiger partial charge in [0.2, 0.25) is 0 Å². The zero-order valence-corrected chi connectivity index (χ0v) is 12.9. The van der Waals surface area contributed by atoms with Crippen LogP contribution in [-0.4, -0.2) is 9.78 Å². The van der Waals surface area contributed by atoms with Crippen LogP contribution in [0.2, 0.25) is 0 Å². The minimum atomic E-state index is 0.138. The van der Waals surface area contributed by atoms with Crippen LogP contribution >= 0.6 is 0 Å². The summed E-state index contributed by atoms with van der Waals surface area (Å²) in [7, 11) is 0. The Bertz CT molecular complexity index is 422. The number of nitrogens with two attached hydrogens (primary N) is 1. The van der Waals surface area contributed by atoms with Crippen LogP contribution in [0.15, 0.2) is 0 Å². The van der Waals surface area contributed by atoms with Crippen molar-refractivity contribution in [2.24, 2.45) is 11.7 Å². The van der Waals surface area contributed by atoms with Crippen molar-refractivity contribution in [3.05, 3.63) is 17.0 Å². The van der Waals surface area contributed by atoms with E-state index in [0.717, 1.165) is 18.0 Å². The molecule has 1 fully saturated rings. The van der Waals surface area contributed by atoms with Gasteiger partial charge in [-0.15, -0.1) is 0 Å². The highest BCUT2D eigenvalue weighted by atomic mass is 15.3. The molecule has 0 bridgehead atoms. The minimum Gasteiger partial charge on any atom is -0.324 e. The van der Waals surface area contributed by atoms with Crippen LogP contribution in [0, 0.1) is 19.8 Å². The van der Waals surface area contributed by atoms with Gasteiger partial charge in [0.15, 0.2) is 0 Å². The topological polar surface area (TPSA) is 43.8 Å². The van der Waals surface area contributed by atoms with E-state index in [2.05, 4.69) is 32.4 Å². The number of nitrogens with zero attached hydrogens (tertiary/aromatic N) is 2. The largest absolute Gasteiger partial charge is 0.324 e. The quantitative estimate of drug-likeness (QED) is 0.890. The van der Waals surface area contributed by atoms with Gasteiger partial charge in [0.25, 0.3) is 0 Å². The Morgan fingerprint density at radius 2 is 2.05 bits per heavy atom. The van der Waals surface area contributed by atoms with Crippen LogP contribution in [0.1, 0.15) is 81.4 Å². The van der Waals surface area contributed by atoms with E-state index in [-0.39, 0.29) is 6.04 Å². The van der Waals surface area contributed by atoms with Gasteiger partial charge in [-0.2, -0.15) is 5.10 Å². The molecule has 2 N–H and O–H groups in total. The van der Waals surface area contributed by atoms with E-state index in [1.165, 1.54) is 43.4 Å². The average Bonchev–Trinajstić information content (AvgIpc) is 2.73. The first-order chi connectivity index (χ1) is 9.08. The van der Waals surface area contributed by atoms with E-state index < -0.39 is 0 Å². The molecule has 1 aromatic heterocycles. The summed E-state index contributed by atoms with van der Waals surface area (Å²) in [6.45, 7) is 8.76. The number of hydrogen-bond acceptors (Lipinski definition) is 2. The highest BCUT2D eigenvalue weighted by Crippen LogP contribution is 2.36. The van der Waals surface area contributed by atoms with Crippen molar-refractivity contribution in [1.82, 2.24) is 9.78 Å². The lowest BCUT2D eigenvalue weighted by Gasteiger charge is -2.29. The van der Waals surface area contributed by atoms with Crippen molar-refractivity contribution >= 4 is 0 Å². The van der Waals surface area contributed by atoms with Crippen molar-refractivity contribution < 1.29 is 0 Å². The molecule has 0 radical (unpaired) electrons. The van der Waals surface area contributed by atoms with Gasteiger partial charge in [-0.1, -0.05) is 33.1 Å². The Hall–Kier alpha value is -0.830. The molecule has 0 saturated heterocycles. The first-order valence-electron chi connectivity index (χ1n) is 7.89. The van der Waals surface area contributed by atoms with Gasteiger partial charge in [0.05, 0.1) is 11.7 Å². The second-order valence-corrected chi connectivity index (χ2v) is 6.14. The molecule has 0 aliphatic heterocycles. The zero-order valence-electron chi connectivity index (χ0n) is 12.9. The predicted molar refractivity (Wildman–Crippen MR) is 80.2 cm³/mol. The second-order valence-electron chi connectivity index (χ2n) is 6.14. The Kier molecular flexibility index (Phi) is 4.67. The molecule has 3 atom stereocenters. The van der Waals surface area contributed by atoms with Gasteiger partial charge in [-0.3, -0.25) is 4.68 Å². The van der Waals surface area contributed by atoms with E-state index in [4.69, 9.17) is 10.8 Å². The van der Waals surface area contributed by atoms with E-state index in [1.54, 1.807) is 0 Å². The third-order valence-corrected chi connectivity index (χ3v) is 4.87. The standard InChI is InChI=1S/C16H29N3/c1-5-13-8-7-9-14(10-13)19-12(4)16(11(3)18-19)15(17)6-2/h13-15H,5-10,17H2,1-4H3. The predicted octanol–water partition coefficient (Wildman–Crippen LogP) is 4.05. The van der Waals surface area contributed by atoms with Crippen LogP contribution in [0.3, 0.4) is 0 Å². The molecule has 3 heteroatoms. The van der Waals surface area contributed by atoms with Gasteiger partial charge in [-0.25, -0.2) is 0 Å². The van der Waals surface area contributed by atoms with Crippen molar-refractivity contribution in [3.8, 4) is 0 Å². The zero-order chi connectivity index (χ0) is 14.0. The third kappa shape index (κ3) is 2.86. The summed E-state index contributed by atoms with van der Waals surface area (Å²) in [6.07, 6.45) is 7.59. The SMILES string of the molecule is CCC1CCCC(n2nc(C)c(C(N)CC)c2C)C1. The Morgan fingerprint density at radius 3 is 2.68 bits per heavy atom. The summed E-state index contributed by atoms with van der Waals surface area (Å²) >= 11 is 0. The van der Waals surface area contributed by atoms with Gasteiger partial charge in [0, 0.05) is 17.3 Å². The molecule has 1 aliphatic rings. The monoisotopic (exact) mass is 263 g/mol. The summed E-state index contributed by atoms with van der Waals surface area (Å²) in [5.74, 6) is 0.881. The van der Waals surface area contributed by atoms with E-state index >= 15 is 0 Å². The van der Waals surface area contributed by atoms with E-state index in [9.17, 15) is 0 Å². The second kappa shape index (κ2) is 6.08. The highest BCUT2D eigenvalue weighted by Gasteiger charge is 2.26. The van der Waals surface area contributed by atoms with Gasteiger partial charge in [-0.05, 0) is 39.0 Å². The lowest BCUT2D eigenvalue weighted by Crippen LogP contribution is -2.21. The molecule has 1 aliphatic carbocycles. The van der Waals surface area contributed by atoms with Crippen LogP contribution in [0.4, 0.5) is 0 Å². The number of aromatic nitrogens is 2. The van der Waals surface area contributed by atoms with Crippen LogP contribution in [0.25, 0.3) is 0 Å². The van der Waals surface area contributed by atoms with E-state index in [0.29, 0.717) is 6.04 Å². The van der Waals surface area contributed by atoms with E-state index in [1.807, 2.05) is 0 Å². The molecule has 1 heterocycles. The molecule has 0 amide bonds.